The van der Waals surface area contributed by atoms with E-state index >= 15 is 0 Å². The van der Waals surface area contributed by atoms with E-state index in [4.69, 9.17) is 12.2 Å². The van der Waals surface area contributed by atoms with Crippen molar-refractivity contribution in [2.45, 2.75) is 32.0 Å². The molecule has 0 spiro atoms. The Bertz CT molecular complexity index is 968. The second-order valence-electron chi connectivity index (χ2n) is 6.85. The molecular formula is C18H26N5O2S2+. The molecule has 27 heavy (non-hydrogen) atoms. The molecule has 1 saturated heterocycles. The van der Waals surface area contributed by atoms with Gasteiger partial charge in [0.05, 0.1) is 31.1 Å². The molecule has 0 atom stereocenters. The van der Waals surface area contributed by atoms with Gasteiger partial charge in [-0.15, -0.1) is 6.58 Å². The van der Waals surface area contributed by atoms with Gasteiger partial charge in [-0.05, 0) is 38.2 Å². The predicted molar refractivity (Wildman–Crippen MR) is 107 cm³/mol. The molecule has 0 radical (unpaired) electrons. The smallest absolute Gasteiger partial charge is 0.243 e. The highest BCUT2D eigenvalue weighted by molar-refractivity contribution is 7.89. The molecule has 0 amide bonds. The molecule has 1 aliphatic heterocycles. The van der Waals surface area contributed by atoms with E-state index in [9.17, 15) is 8.42 Å². The van der Waals surface area contributed by atoms with Crippen LogP contribution in [0.4, 0.5) is 0 Å². The topological polar surface area (TPSA) is 64.6 Å². The SMILES string of the molecule is C=CCn1c(C)nn(C[NH+]2CCN(S(=O)(=O)c3ccc(C)cc3)CC2)c1=S. The Morgan fingerprint density at radius 1 is 1.22 bits per heavy atom. The van der Waals surface area contributed by atoms with Gasteiger partial charge in [-0.1, -0.05) is 23.8 Å². The van der Waals surface area contributed by atoms with E-state index in [-0.39, 0.29) is 0 Å². The zero-order valence-electron chi connectivity index (χ0n) is 15.8. The van der Waals surface area contributed by atoms with E-state index in [1.165, 1.54) is 4.90 Å². The Kier molecular flexibility index (Phi) is 5.95. The van der Waals surface area contributed by atoms with Crippen LogP contribution in [0.2, 0.25) is 0 Å². The summed E-state index contributed by atoms with van der Waals surface area (Å²) >= 11 is 5.50. The fourth-order valence-electron chi connectivity index (χ4n) is 3.26. The second kappa shape index (κ2) is 8.05. The van der Waals surface area contributed by atoms with Crippen LogP contribution in [-0.2, 0) is 23.2 Å². The van der Waals surface area contributed by atoms with E-state index in [0.717, 1.165) is 24.5 Å². The largest absolute Gasteiger partial charge is 0.314 e. The van der Waals surface area contributed by atoms with Gasteiger partial charge in [-0.3, -0.25) is 0 Å². The van der Waals surface area contributed by atoms with Crippen molar-refractivity contribution in [3.05, 3.63) is 53.1 Å². The number of hydrogen-bond donors (Lipinski definition) is 1. The minimum absolute atomic E-state index is 0.359. The molecule has 7 nitrogen and oxygen atoms in total. The van der Waals surface area contributed by atoms with Gasteiger partial charge < -0.3 is 9.47 Å². The maximum Gasteiger partial charge on any atom is 0.243 e. The Hall–Kier alpha value is -1.81. The molecule has 146 valence electrons. The molecule has 0 bridgehead atoms. The molecule has 1 aliphatic rings. The first-order valence-electron chi connectivity index (χ1n) is 8.98. The first-order valence-corrected chi connectivity index (χ1v) is 10.8. The molecule has 9 heteroatoms. The van der Waals surface area contributed by atoms with Crippen molar-refractivity contribution in [2.24, 2.45) is 0 Å². The number of hydrogen-bond acceptors (Lipinski definition) is 4. The summed E-state index contributed by atoms with van der Waals surface area (Å²) in [6, 6.07) is 7.02. The summed E-state index contributed by atoms with van der Waals surface area (Å²) in [6.07, 6.45) is 1.80. The summed E-state index contributed by atoms with van der Waals surface area (Å²) in [7, 11) is -3.43. The van der Waals surface area contributed by atoms with Crippen LogP contribution in [0.5, 0.6) is 0 Å². The number of benzene rings is 1. The van der Waals surface area contributed by atoms with E-state index < -0.39 is 10.0 Å². The highest BCUT2D eigenvalue weighted by atomic mass is 32.2. The third-order valence-electron chi connectivity index (χ3n) is 4.88. The summed E-state index contributed by atoms with van der Waals surface area (Å²) in [5.74, 6) is 0.861. The first-order chi connectivity index (χ1) is 12.8. The quantitative estimate of drug-likeness (QED) is 0.566. The molecule has 1 fully saturated rings. The highest BCUT2D eigenvalue weighted by Gasteiger charge is 2.30. The van der Waals surface area contributed by atoms with Crippen LogP contribution in [0.25, 0.3) is 0 Å². The predicted octanol–water partition coefficient (Wildman–Crippen LogP) is 0.764. The molecule has 0 saturated carbocycles. The summed E-state index contributed by atoms with van der Waals surface area (Å²) in [6.45, 7) is 11.3. The number of sulfonamides is 1. The van der Waals surface area contributed by atoms with Crippen LogP contribution in [0.3, 0.4) is 0 Å². The second-order valence-corrected chi connectivity index (χ2v) is 9.16. The number of piperazine rings is 1. The van der Waals surface area contributed by atoms with Gasteiger partial charge in [0.15, 0.2) is 6.67 Å². The van der Waals surface area contributed by atoms with E-state index in [1.807, 2.05) is 35.2 Å². The van der Waals surface area contributed by atoms with Crippen LogP contribution in [0, 0.1) is 18.6 Å². The molecule has 2 heterocycles. The fraction of sp³-hybridized carbons (Fsp3) is 0.444. The average Bonchev–Trinajstić information content (AvgIpc) is 2.90. The normalized spacial score (nSPS) is 16.5. The standard InChI is InChI=1S/C18H25N5O2S2/c1-4-9-22-16(3)19-23(18(22)26)14-20-10-12-21(13-11-20)27(24,25)17-7-5-15(2)6-8-17/h4-8H,1,9-14H2,2-3H3/p+1. The molecule has 1 N–H and O–H groups in total. The van der Waals surface area contributed by atoms with Gasteiger partial charge in [-0.25, -0.2) is 8.42 Å². The lowest BCUT2D eigenvalue weighted by Gasteiger charge is -2.31. The van der Waals surface area contributed by atoms with Gasteiger partial charge in [0.1, 0.15) is 5.82 Å². The monoisotopic (exact) mass is 408 g/mol. The number of nitrogens with one attached hydrogen (secondary N) is 1. The number of rotatable bonds is 6. The summed E-state index contributed by atoms with van der Waals surface area (Å²) in [4.78, 5) is 1.63. The van der Waals surface area contributed by atoms with Crippen LogP contribution < -0.4 is 4.90 Å². The zero-order valence-corrected chi connectivity index (χ0v) is 17.4. The van der Waals surface area contributed by atoms with Crippen LogP contribution in [-0.4, -0.2) is 53.2 Å². The molecule has 2 aromatic rings. The van der Waals surface area contributed by atoms with E-state index in [0.29, 0.717) is 36.0 Å². The van der Waals surface area contributed by atoms with Crippen LogP contribution in [0.1, 0.15) is 11.4 Å². The van der Waals surface area contributed by atoms with Gasteiger partial charge >= 0.3 is 0 Å². The average molecular weight is 409 g/mol. The molecular weight excluding hydrogens is 382 g/mol. The number of aromatic nitrogens is 3. The Balaban J connectivity index is 1.65. The fourth-order valence-corrected chi connectivity index (χ4v) is 5.02. The van der Waals surface area contributed by atoms with Gasteiger partial charge in [0.2, 0.25) is 14.8 Å². The lowest BCUT2D eigenvalue weighted by Crippen LogP contribution is -3.14. The van der Waals surface area contributed by atoms with Crippen molar-refractivity contribution in [2.75, 3.05) is 26.2 Å². The van der Waals surface area contributed by atoms with Crippen molar-refractivity contribution in [1.29, 1.82) is 0 Å². The number of aryl methyl sites for hydroxylation is 2. The van der Waals surface area contributed by atoms with Crippen molar-refractivity contribution in [3.63, 3.8) is 0 Å². The maximum atomic E-state index is 12.8. The van der Waals surface area contributed by atoms with Crippen molar-refractivity contribution in [3.8, 4) is 0 Å². The molecule has 1 aromatic carbocycles. The van der Waals surface area contributed by atoms with Gasteiger partial charge in [0, 0.05) is 6.54 Å². The third-order valence-corrected chi connectivity index (χ3v) is 7.23. The molecule has 1 aromatic heterocycles. The molecule has 0 aliphatic carbocycles. The number of quaternary nitrogens is 1. The van der Waals surface area contributed by atoms with Crippen molar-refractivity contribution in [1.82, 2.24) is 18.7 Å². The minimum Gasteiger partial charge on any atom is -0.314 e. The van der Waals surface area contributed by atoms with Crippen molar-refractivity contribution >= 4 is 22.2 Å². The van der Waals surface area contributed by atoms with E-state index in [2.05, 4.69) is 11.7 Å². The Morgan fingerprint density at radius 2 is 1.85 bits per heavy atom. The Labute approximate surface area is 165 Å². The molecule has 0 unspecified atom stereocenters. The molecule has 3 rings (SSSR count). The Morgan fingerprint density at radius 3 is 2.44 bits per heavy atom. The lowest BCUT2D eigenvalue weighted by molar-refractivity contribution is -0.926. The summed E-state index contributed by atoms with van der Waals surface area (Å²) in [5.41, 5.74) is 1.05. The third kappa shape index (κ3) is 4.21. The maximum absolute atomic E-state index is 12.8. The first kappa shape index (κ1) is 19.9. The number of allylic oxidation sites excluding steroid dienone is 1. The minimum atomic E-state index is -3.43. The van der Waals surface area contributed by atoms with Gasteiger partial charge in [0.25, 0.3) is 0 Å². The highest BCUT2D eigenvalue weighted by Crippen LogP contribution is 2.16. The van der Waals surface area contributed by atoms with Crippen LogP contribution in [0.15, 0.2) is 41.8 Å². The van der Waals surface area contributed by atoms with E-state index in [1.54, 1.807) is 22.5 Å². The summed E-state index contributed by atoms with van der Waals surface area (Å²) in [5, 5.41) is 4.52. The van der Waals surface area contributed by atoms with Crippen molar-refractivity contribution < 1.29 is 13.3 Å². The lowest BCUT2D eigenvalue weighted by atomic mass is 10.2. The van der Waals surface area contributed by atoms with Gasteiger partial charge in [-0.2, -0.15) is 14.1 Å². The van der Waals surface area contributed by atoms with Crippen LogP contribution >= 0.6 is 12.2 Å². The zero-order chi connectivity index (χ0) is 19.6. The number of nitrogens with zero attached hydrogens (tertiary/aromatic N) is 4. The summed E-state index contributed by atoms with van der Waals surface area (Å²) < 4.78 is 31.6.